The average molecular weight is 387 g/mol. The number of benzene rings is 1. The van der Waals surface area contributed by atoms with Crippen LogP contribution in [0.3, 0.4) is 0 Å². The summed E-state index contributed by atoms with van der Waals surface area (Å²) in [5, 5.41) is 0. The number of carbonyl (C=O) groups excluding carboxylic acids is 2. The highest BCUT2D eigenvalue weighted by Gasteiger charge is 2.43. The average Bonchev–Trinajstić information content (AvgIpc) is 2.76. The van der Waals surface area contributed by atoms with Gasteiger partial charge in [-0.3, -0.25) is 14.5 Å². The number of hydrogen-bond acceptors (Lipinski definition) is 5. The van der Waals surface area contributed by atoms with Gasteiger partial charge in [0.2, 0.25) is 5.91 Å². The molecule has 3 aliphatic rings. The minimum absolute atomic E-state index is 0.000780. The van der Waals surface area contributed by atoms with Crippen molar-refractivity contribution in [3.63, 3.8) is 0 Å². The molecule has 4 rings (SSSR count). The standard InChI is InChI=1S/C21H29N3O4/c25-19(6-9-22-12-14-27-15-13-22)23-10-7-21(8-11-23)17-24(20(26)16-28-21)18-4-2-1-3-5-18/h1-5H,6-17H2. The molecule has 0 unspecified atom stereocenters. The second kappa shape index (κ2) is 8.59. The Morgan fingerprint density at radius 3 is 2.46 bits per heavy atom. The van der Waals surface area contributed by atoms with E-state index in [9.17, 15) is 9.59 Å². The Labute approximate surface area is 166 Å². The maximum Gasteiger partial charge on any atom is 0.253 e. The van der Waals surface area contributed by atoms with Crippen molar-refractivity contribution in [3.05, 3.63) is 30.3 Å². The molecule has 7 heteroatoms. The van der Waals surface area contributed by atoms with Crippen molar-refractivity contribution in [3.8, 4) is 0 Å². The Balaban J connectivity index is 1.30. The molecular weight excluding hydrogens is 358 g/mol. The maximum atomic E-state index is 12.6. The van der Waals surface area contributed by atoms with E-state index in [0.29, 0.717) is 26.1 Å². The summed E-state index contributed by atoms with van der Waals surface area (Å²) in [4.78, 5) is 31.0. The second-order valence-electron chi connectivity index (χ2n) is 7.87. The van der Waals surface area contributed by atoms with Crippen LogP contribution in [0.1, 0.15) is 19.3 Å². The van der Waals surface area contributed by atoms with Crippen LogP contribution in [-0.2, 0) is 19.1 Å². The summed E-state index contributed by atoms with van der Waals surface area (Å²) in [5.41, 5.74) is 0.573. The predicted octanol–water partition coefficient (Wildman–Crippen LogP) is 1.13. The lowest BCUT2D eigenvalue weighted by Gasteiger charge is -2.47. The van der Waals surface area contributed by atoms with Crippen LogP contribution in [0.25, 0.3) is 0 Å². The quantitative estimate of drug-likeness (QED) is 0.775. The zero-order valence-corrected chi connectivity index (χ0v) is 16.3. The van der Waals surface area contributed by atoms with Crippen LogP contribution in [0.5, 0.6) is 0 Å². The topological polar surface area (TPSA) is 62.3 Å². The zero-order chi connectivity index (χ0) is 19.4. The number of para-hydroxylation sites is 1. The first-order valence-electron chi connectivity index (χ1n) is 10.2. The van der Waals surface area contributed by atoms with E-state index in [1.807, 2.05) is 40.1 Å². The number of piperidine rings is 1. The van der Waals surface area contributed by atoms with Crippen LogP contribution in [0, 0.1) is 0 Å². The lowest BCUT2D eigenvalue weighted by atomic mass is 9.89. The van der Waals surface area contributed by atoms with Gasteiger partial charge in [-0.25, -0.2) is 0 Å². The van der Waals surface area contributed by atoms with Crippen LogP contribution < -0.4 is 4.90 Å². The van der Waals surface area contributed by atoms with Gasteiger partial charge in [-0.1, -0.05) is 18.2 Å². The van der Waals surface area contributed by atoms with Crippen molar-refractivity contribution in [2.45, 2.75) is 24.9 Å². The third kappa shape index (κ3) is 4.37. The molecule has 1 aromatic rings. The summed E-state index contributed by atoms with van der Waals surface area (Å²) in [6.45, 7) is 6.20. The first-order valence-corrected chi connectivity index (χ1v) is 10.2. The number of ether oxygens (including phenoxy) is 2. The number of anilines is 1. The number of morpholine rings is 2. The normalized spacial score (nSPS) is 23.2. The molecule has 0 aliphatic carbocycles. The van der Waals surface area contributed by atoms with Crippen molar-refractivity contribution in [1.82, 2.24) is 9.80 Å². The van der Waals surface area contributed by atoms with Crippen LogP contribution in [0.4, 0.5) is 5.69 Å². The van der Waals surface area contributed by atoms with Crippen molar-refractivity contribution < 1.29 is 19.1 Å². The van der Waals surface area contributed by atoms with E-state index in [4.69, 9.17) is 9.47 Å². The largest absolute Gasteiger partial charge is 0.379 e. The molecule has 0 radical (unpaired) electrons. The number of hydrogen-bond donors (Lipinski definition) is 0. The minimum Gasteiger partial charge on any atom is -0.379 e. The van der Waals surface area contributed by atoms with Crippen molar-refractivity contribution in [2.24, 2.45) is 0 Å². The van der Waals surface area contributed by atoms with E-state index in [1.54, 1.807) is 0 Å². The molecule has 152 valence electrons. The molecule has 0 bridgehead atoms. The van der Waals surface area contributed by atoms with Gasteiger partial charge >= 0.3 is 0 Å². The molecule has 1 spiro atoms. The molecule has 28 heavy (non-hydrogen) atoms. The summed E-state index contributed by atoms with van der Waals surface area (Å²) in [5.74, 6) is 0.217. The van der Waals surface area contributed by atoms with Crippen LogP contribution >= 0.6 is 0 Å². The highest BCUT2D eigenvalue weighted by atomic mass is 16.5. The maximum absolute atomic E-state index is 12.6. The number of carbonyl (C=O) groups is 2. The van der Waals surface area contributed by atoms with Crippen LogP contribution in [0.15, 0.2) is 30.3 Å². The Morgan fingerprint density at radius 1 is 1.04 bits per heavy atom. The molecule has 0 atom stereocenters. The summed E-state index contributed by atoms with van der Waals surface area (Å²) < 4.78 is 11.4. The third-order valence-corrected chi connectivity index (χ3v) is 6.09. The fraction of sp³-hybridized carbons (Fsp3) is 0.619. The van der Waals surface area contributed by atoms with Gasteiger partial charge in [0, 0.05) is 44.8 Å². The van der Waals surface area contributed by atoms with E-state index in [1.165, 1.54) is 0 Å². The SMILES string of the molecule is O=C(CCN1CCOCC1)N1CCC2(CC1)CN(c1ccccc1)C(=O)CO2. The molecule has 0 N–H and O–H groups in total. The number of likely N-dealkylation sites (tertiary alicyclic amines) is 1. The van der Waals surface area contributed by atoms with Gasteiger partial charge < -0.3 is 19.3 Å². The first-order chi connectivity index (χ1) is 13.7. The van der Waals surface area contributed by atoms with Crippen LogP contribution in [-0.4, -0.2) is 86.3 Å². The van der Waals surface area contributed by atoms with Gasteiger partial charge in [-0.05, 0) is 25.0 Å². The van der Waals surface area contributed by atoms with Gasteiger partial charge in [0.1, 0.15) is 6.61 Å². The molecule has 3 heterocycles. The van der Waals surface area contributed by atoms with Crippen LogP contribution in [0.2, 0.25) is 0 Å². The predicted molar refractivity (Wildman–Crippen MR) is 105 cm³/mol. The fourth-order valence-corrected chi connectivity index (χ4v) is 4.26. The lowest BCUT2D eigenvalue weighted by molar-refractivity contribution is -0.150. The van der Waals surface area contributed by atoms with Gasteiger partial charge in [-0.2, -0.15) is 0 Å². The summed E-state index contributed by atoms with van der Waals surface area (Å²) in [6, 6.07) is 9.76. The first kappa shape index (κ1) is 19.4. The minimum atomic E-state index is -0.343. The Hall–Kier alpha value is -1.96. The zero-order valence-electron chi connectivity index (χ0n) is 16.3. The van der Waals surface area contributed by atoms with Crippen molar-refractivity contribution in [1.29, 1.82) is 0 Å². The molecule has 3 fully saturated rings. The number of rotatable bonds is 4. The molecule has 3 aliphatic heterocycles. The second-order valence-corrected chi connectivity index (χ2v) is 7.87. The highest BCUT2D eigenvalue weighted by Crippen LogP contribution is 2.32. The van der Waals surface area contributed by atoms with Gasteiger partial charge in [0.15, 0.2) is 0 Å². The van der Waals surface area contributed by atoms with Crippen molar-refractivity contribution in [2.75, 3.05) is 64.0 Å². The Morgan fingerprint density at radius 2 is 1.75 bits per heavy atom. The molecule has 3 saturated heterocycles. The van der Waals surface area contributed by atoms with E-state index >= 15 is 0 Å². The van der Waals surface area contributed by atoms with Gasteiger partial charge in [-0.15, -0.1) is 0 Å². The monoisotopic (exact) mass is 387 g/mol. The third-order valence-electron chi connectivity index (χ3n) is 6.09. The smallest absolute Gasteiger partial charge is 0.253 e. The molecular formula is C21H29N3O4. The summed E-state index contributed by atoms with van der Waals surface area (Å²) in [6.07, 6.45) is 2.10. The molecule has 7 nitrogen and oxygen atoms in total. The van der Waals surface area contributed by atoms with Gasteiger partial charge in [0.25, 0.3) is 5.91 Å². The van der Waals surface area contributed by atoms with Crippen molar-refractivity contribution >= 4 is 17.5 Å². The lowest BCUT2D eigenvalue weighted by Crippen LogP contribution is -2.59. The summed E-state index contributed by atoms with van der Waals surface area (Å²) in [7, 11) is 0. The highest BCUT2D eigenvalue weighted by molar-refractivity contribution is 5.95. The molecule has 0 aromatic heterocycles. The van der Waals surface area contributed by atoms with E-state index in [-0.39, 0.29) is 24.0 Å². The number of amides is 2. The molecule has 1 aromatic carbocycles. The fourth-order valence-electron chi connectivity index (χ4n) is 4.26. The van der Waals surface area contributed by atoms with E-state index in [0.717, 1.165) is 51.4 Å². The molecule has 0 saturated carbocycles. The molecule has 2 amide bonds. The number of nitrogens with zero attached hydrogens (tertiary/aromatic N) is 3. The Bertz CT molecular complexity index is 682. The van der Waals surface area contributed by atoms with Gasteiger partial charge in [0.05, 0.1) is 25.4 Å². The van der Waals surface area contributed by atoms with E-state index < -0.39 is 0 Å². The summed E-state index contributed by atoms with van der Waals surface area (Å²) >= 11 is 0. The Kier molecular flexibility index (Phi) is 5.94. The van der Waals surface area contributed by atoms with E-state index in [2.05, 4.69) is 4.90 Å².